The highest BCUT2D eigenvalue weighted by atomic mass is 35.5. The average Bonchev–Trinajstić information content (AvgIpc) is 3.46. The van der Waals surface area contributed by atoms with Gasteiger partial charge in [-0.1, -0.05) is 17.7 Å². The van der Waals surface area contributed by atoms with Crippen LogP contribution in [-0.4, -0.2) is 46.7 Å². The Bertz CT molecular complexity index is 1390. The minimum atomic E-state index is -4.85. The van der Waals surface area contributed by atoms with Crippen LogP contribution < -0.4 is 15.5 Å². The second-order valence-corrected chi connectivity index (χ2v) is 11.1. The molecule has 1 aliphatic heterocycles. The third kappa shape index (κ3) is 6.95. The van der Waals surface area contributed by atoms with Gasteiger partial charge in [0.05, 0.1) is 28.4 Å². The molecule has 2 N–H and O–H groups in total. The van der Waals surface area contributed by atoms with Gasteiger partial charge in [0, 0.05) is 35.6 Å². The zero-order valence-electron chi connectivity index (χ0n) is 21.0. The molecule has 8 nitrogen and oxygen atoms in total. The van der Waals surface area contributed by atoms with Crippen molar-refractivity contribution in [1.82, 2.24) is 15.3 Å². The highest BCUT2D eigenvalue weighted by molar-refractivity contribution is 7.14. The third-order valence-corrected chi connectivity index (χ3v) is 6.62. The number of nitrogens with one attached hydrogen (secondary N) is 2. The van der Waals surface area contributed by atoms with E-state index in [4.69, 9.17) is 16.3 Å². The number of benzene rings is 1. The number of anilines is 2. The van der Waals surface area contributed by atoms with Crippen LogP contribution in [0.1, 0.15) is 43.1 Å². The van der Waals surface area contributed by atoms with Crippen molar-refractivity contribution in [1.29, 1.82) is 0 Å². The summed E-state index contributed by atoms with van der Waals surface area (Å²) >= 11 is 7.33. The van der Waals surface area contributed by atoms with Crippen LogP contribution >= 0.6 is 22.9 Å². The van der Waals surface area contributed by atoms with Gasteiger partial charge in [0.15, 0.2) is 5.13 Å². The Morgan fingerprint density at radius 1 is 1.23 bits per heavy atom. The number of alkyl halides is 3. The molecular weight excluding hydrogens is 562 g/mol. The largest absolute Gasteiger partial charge is 0.444 e. The van der Waals surface area contributed by atoms with Crippen LogP contribution in [0, 0.1) is 5.82 Å². The van der Waals surface area contributed by atoms with Gasteiger partial charge in [0.25, 0.3) is 5.91 Å². The molecule has 1 aliphatic rings. The maximum Gasteiger partial charge on any atom is 0.419 e. The lowest BCUT2D eigenvalue weighted by molar-refractivity contribution is -0.139. The van der Waals surface area contributed by atoms with Gasteiger partial charge in [-0.3, -0.25) is 10.1 Å². The highest BCUT2D eigenvalue weighted by Gasteiger charge is 2.35. The van der Waals surface area contributed by atoms with E-state index >= 15 is 0 Å². The minimum absolute atomic E-state index is 0.0487. The van der Waals surface area contributed by atoms with Crippen molar-refractivity contribution in [3.63, 3.8) is 0 Å². The van der Waals surface area contributed by atoms with Crippen LogP contribution in [0.5, 0.6) is 0 Å². The molecule has 0 aliphatic carbocycles. The summed E-state index contributed by atoms with van der Waals surface area (Å²) in [6.45, 7) is 6.46. The normalized spacial score (nSPS) is 15.8. The van der Waals surface area contributed by atoms with Gasteiger partial charge in [-0.2, -0.15) is 13.2 Å². The molecule has 0 saturated carbocycles. The van der Waals surface area contributed by atoms with Crippen LogP contribution in [0.4, 0.5) is 33.3 Å². The van der Waals surface area contributed by atoms with E-state index in [1.165, 1.54) is 23.7 Å². The number of alkyl carbamates (subject to hydrolysis) is 1. The molecule has 2 aromatic heterocycles. The number of carbonyl (C=O) groups excluding carboxylic acids is 2. The van der Waals surface area contributed by atoms with E-state index < -0.39 is 35.1 Å². The fraction of sp³-hybridized carbons (Fsp3) is 0.360. The molecule has 3 aromatic rings. The molecular formula is C25H24ClF4N5O3S. The van der Waals surface area contributed by atoms with Crippen molar-refractivity contribution < 1.29 is 31.9 Å². The zero-order chi connectivity index (χ0) is 28.5. The standard InChI is InChI=1S/C25H24ClF4N5O3S/c1-24(2,3)34-23(37)38-14-7-8-35(11-14)20-17(26)9-13(10-31-20)21(36)33-22-32-18(12-39-22)15-5-4-6-16(19(15)27)25(28,29)30/h4-6,9-10,12,14H,7-8,11H2,1-3H3,(H,34,37)(H,32,33,36). The SMILES string of the molecule is CC(C)(C)NC(=O)OC1CCN(c2ncc(C(=O)Nc3nc(-c4cccc(C(F)(F)F)c4F)cs3)cc2Cl)C1. The van der Waals surface area contributed by atoms with E-state index in [0.29, 0.717) is 31.4 Å². The molecule has 1 atom stereocenters. The lowest BCUT2D eigenvalue weighted by atomic mass is 10.1. The smallest absolute Gasteiger partial charge is 0.419 e. The number of ether oxygens (including phenoxy) is 1. The van der Waals surface area contributed by atoms with E-state index in [0.717, 1.165) is 17.4 Å². The number of thiazole rings is 1. The van der Waals surface area contributed by atoms with E-state index in [2.05, 4.69) is 20.6 Å². The quantitative estimate of drug-likeness (QED) is 0.338. The summed E-state index contributed by atoms with van der Waals surface area (Å²) in [6.07, 6.45) is -3.82. The van der Waals surface area contributed by atoms with Gasteiger partial charge in [0.2, 0.25) is 0 Å². The Hall–Kier alpha value is -3.45. The maximum absolute atomic E-state index is 14.5. The molecule has 0 spiro atoms. The van der Waals surface area contributed by atoms with Gasteiger partial charge in [-0.15, -0.1) is 11.3 Å². The number of aromatic nitrogens is 2. The minimum Gasteiger partial charge on any atom is -0.444 e. The van der Waals surface area contributed by atoms with Crippen LogP contribution in [0.25, 0.3) is 11.3 Å². The van der Waals surface area contributed by atoms with Crippen LogP contribution in [0.2, 0.25) is 5.02 Å². The number of hydrogen-bond acceptors (Lipinski definition) is 7. The van der Waals surface area contributed by atoms with Crippen LogP contribution in [0.15, 0.2) is 35.8 Å². The van der Waals surface area contributed by atoms with E-state index in [9.17, 15) is 27.2 Å². The number of rotatable bonds is 5. The molecule has 0 bridgehead atoms. The van der Waals surface area contributed by atoms with Crippen molar-refractivity contribution >= 4 is 45.9 Å². The van der Waals surface area contributed by atoms with Crippen LogP contribution in [0.3, 0.4) is 0 Å². The Morgan fingerprint density at radius 2 is 1.97 bits per heavy atom. The van der Waals surface area contributed by atoms with E-state index in [1.54, 1.807) is 0 Å². The monoisotopic (exact) mass is 585 g/mol. The fourth-order valence-electron chi connectivity index (χ4n) is 3.86. The Labute approximate surface area is 230 Å². The highest BCUT2D eigenvalue weighted by Crippen LogP contribution is 2.36. The van der Waals surface area contributed by atoms with Gasteiger partial charge in [-0.05, 0) is 39.0 Å². The van der Waals surface area contributed by atoms with Crippen molar-refractivity contribution in [3.8, 4) is 11.3 Å². The first-order valence-electron chi connectivity index (χ1n) is 11.7. The summed E-state index contributed by atoms with van der Waals surface area (Å²) in [6, 6.07) is 4.33. The third-order valence-electron chi connectivity index (χ3n) is 5.58. The summed E-state index contributed by atoms with van der Waals surface area (Å²) in [7, 11) is 0. The van der Waals surface area contributed by atoms with Gasteiger partial charge >= 0.3 is 12.3 Å². The molecule has 39 heavy (non-hydrogen) atoms. The van der Waals surface area contributed by atoms with Crippen molar-refractivity contribution in [3.05, 3.63) is 57.8 Å². The molecule has 208 valence electrons. The van der Waals surface area contributed by atoms with Crippen LogP contribution in [-0.2, 0) is 10.9 Å². The fourth-order valence-corrected chi connectivity index (χ4v) is 4.86. The number of halogens is 5. The number of nitrogens with zero attached hydrogens (tertiary/aromatic N) is 3. The maximum atomic E-state index is 14.5. The zero-order valence-corrected chi connectivity index (χ0v) is 22.6. The molecule has 1 saturated heterocycles. The number of amides is 2. The molecule has 1 fully saturated rings. The molecule has 2 amide bonds. The second kappa shape index (κ2) is 11.0. The topological polar surface area (TPSA) is 96.5 Å². The average molecular weight is 586 g/mol. The van der Waals surface area contributed by atoms with Crippen molar-refractivity contribution in [2.45, 2.75) is 45.0 Å². The molecule has 1 unspecified atom stereocenters. The molecule has 3 heterocycles. The number of hydrogen-bond donors (Lipinski definition) is 2. The second-order valence-electron chi connectivity index (χ2n) is 9.82. The number of pyridine rings is 1. The lowest BCUT2D eigenvalue weighted by Gasteiger charge is -2.22. The summed E-state index contributed by atoms with van der Waals surface area (Å²) in [5.74, 6) is -1.63. The van der Waals surface area contributed by atoms with Crippen molar-refractivity contribution in [2.75, 3.05) is 23.3 Å². The lowest BCUT2D eigenvalue weighted by Crippen LogP contribution is -2.42. The Balaban J connectivity index is 1.40. The first kappa shape index (κ1) is 28.6. The van der Waals surface area contributed by atoms with Gasteiger partial charge < -0.3 is 15.0 Å². The molecule has 1 aromatic carbocycles. The summed E-state index contributed by atoms with van der Waals surface area (Å²) in [4.78, 5) is 35.0. The predicted molar refractivity (Wildman–Crippen MR) is 140 cm³/mol. The Morgan fingerprint density at radius 3 is 2.64 bits per heavy atom. The van der Waals surface area contributed by atoms with E-state index in [-0.39, 0.29) is 33.1 Å². The summed E-state index contributed by atoms with van der Waals surface area (Å²) < 4.78 is 59.0. The van der Waals surface area contributed by atoms with Gasteiger partial charge in [0.1, 0.15) is 17.7 Å². The van der Waals surface area contributed by atoms with Gasteiger partial charge in [-0.25, -0.2) is 19.2 Å². The number of carbonyl (C=O) groups is 2. The molecule has 14 heteroatoms. The first-order valence-corrected chi connectivity index (χ1v) is 13.0. The molecule has 4 rings (SSSR count). The Kier molecular flexibility index (Phi) is 8.03. The first-order chi connectivity index (χ1) is 18.2. The predicted octanol–water partition coefficient (Wildman–Crippen LogP) is 6.37. The summed E-state index contributed by atoms with van der Waals surface area (Å²) in [5, 5.41) is 6.86. The van der Waals surface area contributed by atoms with Crippen molar-refractivity contribution in [2.24, 2.45) is 0 Å². The van der Waals surface area contributed by atoms with E-state index in [1.807, 2.05) is 25.7 Å². The molecule has 0 radical (unpaired) electrons. The summed E-state index contributed by atoms with van der Waals surface area (Å²) in [5.41, 5.74) is -2.09.